The number of aromatic nitrogens is 2. The summed E-state index contributed by atoms with van der Waals surface area (Å²) in [4.78, 5) is 24.0. The second-order valence-electron chi connectivity index (χ2n) is 5.89. The van der Waals surface area contributed by atoms with Gasteiger partial charge in [-0.05, 0) is 49.4 Å². The number of nitrogens with one attached hydrogen (secondary N) is 2. The number of nitrogens with zero attached hydrogens (tertiary/aromatic N) is 2. The van der Waals surface area contributed by atoms with E-state index in [1.54, 1.807) is 24.3 Å². The Hall–Kier alpha value is -2.05. The van der Waals surface area contributed by atoms with E-state index in [1.807, 2.05) is 0 Å². The summed E-state index contributed by atoms with van der Waals surface area (Å²) in [5, 5.41) is 10.6. The molecule has 8 heteroatoms. The van der Waals surface area contributed by atoms with E-state index in [4.69, 9.17) is 23.2 Å². The predicted molar refractivity (Wildman–Crippen MR) is 98.6 cm³/mol. The van der Waals surface area contributed by atoms with Crippen molar-refractivity contribution >= 4 is 34.9 Å². The molecule has 1 heterocycles. The normalized spacial score (nSPS) is 13.2. The minimum Gasteiger partial charge on any atom is -0.336 e. The molecule has 1 aromatic heterocycles. The Morgan fingerprint density at radius 2 is 1.96 bits per heavy atom. The standard InChI is InChI=1S/C17H18Cl2N4O2/c18-13-6-5-12(10-14(13)19)21-17(25)20-7-8-23-16(24)9-11-3-1-2-4-15(11)22-23/h5-6,9-10H,1-4,7-8H2,(H2,20,21,25). The molecule has 0 atom stereocenters. The summed E-state index contributed by atoms with van der Waals surface area (Å²) < 4.78 is 1.41. The third-order valence-corrected chi connectivity index (χ3v) is 4.80. The molecule has 0 saturated heterocycles. The molecule has 6 nitrogen and oxygen atoms in total. The summed E-state index contributed by atoms with van der Waals surface area (Å²) >= 11 is 11.7. The van der Waals surface area contributed by atoms with Gasteiger partial charge in [0.25, 0.3) is 5.56 Å². The number of amides is 2. The van der Waals surface area contributed by atoms with Crippen LogP contribution in [0.4, 0.5) is 10.5 Å². The van der Waals surface area contributed by atoms with Gasteiger partial charge in [0.1, 0.15) is 0 Å². The lowest BCUT2D eigenvalue weighted by Gasteiger charge is -2.16. The van der Waals surface area contributed by atoms with E-state index in [2.05, 4.69) is 15.7 Å². The van der Waals surface area contributed by atoms with Gasteiger partial charge in [-0.1, -0.05) is 23.2 Å². The van der Waals surface area contributed by atoms with Crippen LogP contribution in [0, 0.1) is 0 Å². The first-order valence-electron chi connectivity index (χ1n) is 8.13. The van der Waals surface area contributed by atoms with Gasteiger partial charge < -0.3 is 10.6 Å². The number of fused-ring (bicyclic) bond motifs is 1. The van der Waals surface area contributed by atoms with Crippen molar-refractivity contribution in [3.8, 4) is 0 Å². The molecule has 0 radical (unpaired) electrons. The molecule has 0 bridgehead atoms. The first-order valence-corrected chi connectivity index (χ1v) is 8.88. The number of urea groups is 1. The van der Waals surface area contributed by atoms with Gasteiger partial charge in [0.05, 0.1) is 22.3 Å². The molecule has 0 spiro atoms. The lowest BCUT2D eigenvalue weighted by atomic mass is 9.97. The molecule has 1 aliphatic rings. The molecule has 2 aromatic rings. The summed E-state index contributed by atoms with van der Waals surface area (Å²) in [5.74, 6) is 0. The predicted octanol–water partition coefficient (Wildman–Crippen LogP) is 3.25. The fourth-order valence-corrected chi connectivity index (χ4v) is 3.08. The summed E-state index contributed by atoms with van der Waals surface area (Å²) in [5.41, 5.74) is 2.45. The zero-order valence-electron chi connectivity index (χ0n) is 13.5. The van der Waals surface area contributed by atoms with Crippen LogP contribution >= 0.6 is 23.2 Å². The summed E-state index contributed by atoms with van der Waals surface area (Å²) in [6.07, 6.45) is 4.03. The minimum absolute atomic E-state index is 0.132. The van der Waals surface area contributed by atoms with Crippen LogP contribution in [-0.2, 0) is 19.4 Å². The van der Waals surface area contributed by atoms with E-state index in [-0.39, 0.29) is 11.6 Å². The van der Waals surface area contributed by atoms with Gasteiger partial charge in [-0.15, -0.1) is 0 Å². The Morgan fingerprint density at radius 3 is 2.76 bits per heavy atom. The van der Waals surface area contributed by atoms with Crippen LogP contribution in [0.25, 0.3) is 0 Å². The average molecular weight is 381 g/mol. The van der Waals surface area contributed by atoms with Crippen molar-refractivity contribution in [3.63, 3.8) is 0 Å². The highest BCUT2D eigenvalue weighted by Crippen LogP contribution is 2.24. The summed E-state index contributed by atoms with van der Waals surface area (Å²) in [7, 11) is 0. The quantitative estimate of drug-likeness (QED) is 0.854. The molecule has 1 aliphatic carbocycles. The molecule has 1 aromatic carbocycles. The van der Waals surface area contributed by atoms with E-state index in [0.29, 0.717) is 28.8 Å². The number of carbonyl (C=O) groups is 1. The fraction of sp³-hybridized carbons (Fsp3) is 0.353. The number of anilines is 1. The highest BCUT2D eigenvalue weighted by molar-refractivity contribution is 6.42. The molecule has 2 amide bonds. The van der Waals surface area contributed by atoms with Crippen molar-refractivity contribution in [2.75, 3.05) is 11.9 Å². The first kappa shape index (κ1) is 17.8. The first-order chi connectivity index (χ1) is 12.0. The van der Waals surface area contributed by atoms with Crippen LogP contribution in [-0.4, -0.2) is 22.4 Å². The maximum Gasteiger partial charge on any atom is 0.319 e. The smallest absolute Gasteiger partial charge is 0.319 e. The lowest BCUT2D eigenvalue weighted by Crippen LogP contribution is -2.35. The molecule has 2 N–H and O–H groups in total. The van der Waals surface area contributed by atoms with E-state index < -0.39 is 0 Å². The van der Waals surface area contributed by atoms with Gasteiger partial charge in [0.15, 0.2) is 0 Å². The second kappa shape index (κ2) is 7.89. The van der Waals surface area contributed by atoms with Crippen molar-refractivity contribution in [3.05, 3.63) is 55.9 Å². The third-order valence-electron chi connectivity index (χ3n) is 4.06. The minimum atomic E-state index is -0.385. The SMILES string of the molecule is O=C(NCCn1nc2c(cc1=O)CCCC2)Nc1ccc(Cl)c(Cl)c1. The molecule has 0 aliphatic heterocycles. The number of hydrogen-bond acceptors (Lipinski definition) is 3. The Bertz CT molecular complexity index is 851. The zero-order chi connectivity index (χ0) is 17.8. The molecular weight excluding hydrogens is 363 g/mol. The Labute approximate surface area is 155 Å². The van der Waals surface area contributed by atoms with Crippen molar-refractivity contribution in [1.82, 2.24) is 15.1 Å². The van der Waals surface area contributed by atoms with E-state index >= 15 is 0 Å². The van der Waals surface area contributed by atoms with Gasteiger partial charge in [-0.3, -0.25) is 4.79 Å². The Kier molecular flexibility index (Phi) is 5.60. The van der Waals surface area contributed by atoms with Crippen molar-refractivity contribution in [2.24, 2.45) is 0 Å². The Balaban J connectivity index is 1.54. The van der Waals surface area contributed by atoms with E-state index in [0.717, 1.165) is 36.9 Å². The van der Waals surface area contributed by atoms with E-state index in [9.17, 15) is 9.59 Å². The second-order valence-corrected chi connectivity index (χ2v) is 6.71. The average Bonchev–Trinajstić information content (AvgIpc) is 2.58. The zero-order valence-corrected chi connectivity index (χ0v) is 15.0. The van der Waals surface area contributed by atoms with Crippen LogP contribution in [0.1, 0.15) is 24.1 Å². The highest BCUT2D eigenvalue weighted by Gasteiger charge is 2.13. The number of aryl methyl sites for hydroxylation is 2. The molecule has 25 heavy (non-hydrogen) atoms. The molecule has 0 saturated carbocycles. The van der Waals surface area contributed by atoms with Crippen molar-refractivity contribution < 1.29 is 4.79 Å². The summed E-state index contributed by atoms with van der Waals surface area (Å²) in [6.45, 7) is 0.611. The maximum atomic E-state index is 12.1. The van der Waals surface area contributed by atoms with Gasteiger partial charge in [-0.25, -0.2) is 9.48 Å². The highest BCUT2D eigenvalue weighted by atomic mass is 35.5. The molecule has 0 fully saturated rings. The monoisotopic (exact) mass is 380 g/mol. The van der Waals surface area contributed by atoms with Crippen LogP contribution in [0.5, 0.6) is 0 Å². The number of hydrogen-bond donors (Lipinski definition) is 2. The van der Waals surface area contributed by atoms with Gasteiger partial charge in [0, 0.05) is 18.3 Å². The molecular formula is C17H18Cl2N4O2. The summed E-state index contributed by atoms with van der Waals surface area (Å²) in [6, 6.07) is 6.11. The molecule has 3 rings (SSSR count). The van der Waals surface area contributed by atoms with Gasteiger partial charge >= 0.3 is 6.03 Å². The van der Waals surface area contributed by atoms with Crippen LogP contribution < -0.4 is 16.2 Å². The number of carbonyl (C=O) groups excluding carboxylic acids is 1. The topological polar surface area (TPSA) is 76.0 Å². The third kappa shape index (κ3) is 4.52. The van der Waals surface area contributed by atoms with E-state index in [1.165, 1.54) is 4.68 Å². The molecule has 0 unspecified atom stereocenters. The van der Waals surface area contributed by atoms with Crippen molar-refractivity contribution in [1.29, 1.82) is 0 Å². The number of benzene rings is 1. The van der Waals surface area contributed by atoms with Crippen LogP contribution in [0.15, 0.2) is 29.1 Å². The fourth-order valence-electron chi connectivity index (χ4n) is 2.79. The molecule has 132 valence electrons. The van der Waals surface area contributed by atoms with Crippen molar-refractivity contribution in [2.45, 2.75) is 32.2 Å². The lowest BCUT2D eigenvalue weighted by molar-refractivity contribution is 0.251. The van der Waals surface area contributed by atoms with Crippen LogP contribution in [0.3, 0.4) is 0 Å². The Morgan fingerprint density at radius 1 is 1.16 bits per heavy atom. The van der Waals surface area contributed by atoms with Gasteiger partial charge in [0.2, 0.25) is 0 Å². The maximum absolute atomic E-state index is 12.1. The van der Waals surface area contributed by atoms with Crippen LogP contribution in [0.2, 0.25) is 10.0 Å². The number of halogens is 2. The largest absolute Gasteiger partial charge is 0.336 e. The number of rotatable bonds is 4. The van der Waals surface area contributed by atoms with Gasteiger partial charge in [-0.2, -0.15) is 5.10 Å².